The summed E-state index contributed by atoms with van der Waals surface area (Å²) in [6, 6.07) is 4.48. The van der Waals surface area contributed by atoms with Gasteiger partial charge in [0.15, 0.2) is 5.78 Å². The summed E-state index contributed by atoms with van der Waals surface area (Å²) in [4.78, 5) is 11.6. The van der Waals surface area contributed by atoms with Crippen molar-refractivity contribution >= 4 is 21.7 Å². The largest absolute Gasteiger partial charge is 0.294 e. The Labute approximate surface area is 96.8 Å². The maximum absolute atomic E-state index is 13.3. The fourth-order valence-electron chi connectivity index (χ4n) is 1.24. The highest BCUT2D eigenvalue weighted by Crippen LogP contribution is 2.21. The molecule has 0 aliphatic carbocycles. The molecule has 0 fully saturated rings. The van der Waals surface area contributed by atoms with Crippen LogP contribution in [-0.2, 0) is 0 Å². The molecule has 0 atom stereocenters. The minimum atomic E-state index is -0.491. The lowest BCUT2D eigenvalue weighted by Gasteiger charge is -2.03. The number of unbranched alkanes of at least 4 members (excludes halogenated alkanes) is 1. The van der Waals surface area contributed by atoms with Gasteiger partial charge in [-0.1, -0.05) is 6.07 Å². The van der Waals surface area contributed by atoms with E-state index in [0.29, 0.717) is 17.3 Å². The van der Waals surface area contributed by atoms with Crippen molar-refractivity contribution in [1.29, 1.82) is 0 Å². The number of Topliss-reactive ketones (excluding diaryl/α,β-unsaturated/α-hetero) is 1. The van der Waals surface area contributed by atoms with E-state index < -0.39 is 5.82 Å². The van der Waals surface area contributed by atoms with Crippen LogP contribution in [0, 0.1) is 18.2 Å². The average Bonchev–Trinajstić information content (AvgIpc) is 2.18. The van der Waals surface area contributed by atoms with Crippen LogP contribution in [0.2, 0.25) is 0 Å². The van der Waals surface area contributed by atoms with Crippen LogP contribution < -0.4 is 0 Å². The van der Waals surface area contributed by atoms with Gasteiger partial charge in [0.25, 0.3) is 0 Å². The Hall–Kier alpha value is -1.14. The Morgan fingerprint density at radius 1 is 1.53 bits per heavy atom. The number of terminal acetylenes is 1. The van der Waals surface area contributed by atoms with E-state index in [-0.39, 0.29) is 17.8 Å². The van der Waals surface area contributed by atoms with Gasteiger partial charge >= 0.3 is 0 Å². The number of carbonyl (C=O) groups excluding carboxylic acids is 1. The second-order valence-corrected chi connectivity index (χ2v) is 3.93. The fourth-order valence-corrected chi connectivity index (χ4v) is 1.80. The molecule has 0 bridgehead atoms. The lowest BCUT2D eigenvalue weighted by atomic mass is 10.1. The number of carbonyl (C=O) groups is 1. The van der Waals surface area contributed by atoms with Gasteiger partial charge < -0.3 is 0 Å². The molecule has 0 unspecified atom stereocenters. The zero-order valence-corrected chi connectivity index (χ0v) is 9.68. The van der Waals surface area contributed by atoms with Crippen molar-refractivity contribution in [3.8, 4) is 12.3 Å². The van der Waals surface area contributed by atoms with Crippen molar-refractivity contribution in [1.82, 2.24) is 0 Å². The van der Waals surface area contributed by atoms with Gasteiger partial charge in [0.05, 0.1) is 5.56 Å². The van der Waals surface area contributed by atoms with E-state index in [4.69, 9.17) is 6.42 Å². The van der Waals surface area contributed by atoms with Gasteiger partial charge in [0.2, 0.25) is 0 Å². The quantitative estimate of drug-likeness (QED) is 0.464. The third-order valence-electron chi connectivity index (χ3n) is 1.97. The van der Waals surface area contributed by atoms with Gasteiger partial charge in [-0.15, -0.1) is 12.3 Å². The SMILES string of the molecule is C#CCCCC(=O)c1c(F)cccc1Br. The summed E-state index contributed by atoms with van der Waals surface area (Å²) < 4.78 is 13.8. The first-order valence-electron chi connectivity index (χ1n) is 4.57. The van der Waals surface area contributed by atoms with E-state index in [9.17, 15) is 9.18 Å². The summed E-state index contributed by atoms with van der Waals surface area (Å²) in [6.07, 6.45) is 6.48. The number of benzene rings is 1. The molecule has 0 saturated heterocycles. The van der Waals surface area contributed by atoms with Crippen molar-refractivity contribution in [3.63, 3.8) is 0 Å². The maximum atomic E-state index is 13.3. The Morgan fingerprint density at radius 2 is 2.27 bits per heavy atom. The highest BCUT2D eigenvalue weighted by Gasteiger charge is 2.14. The Kier molecular flexibility index (Phi) is 4.51. The van der Waals surface area contributed by atoms with Crippen LogP contribution in [0.15, 0.2) is 22.7 Å². The third-order valence-corrected chi connectivity index (χ3v) is 2.63. The molecule has 0 saturated carbocycles. The molecule has 0 radical (unpaired) electrons. The Bertz CT molecular complexity index is 386. The van der Waals surface area contributed by atoms with Crippen LogP contribution in [0.5, 0.6) is 0 Å². The van der Waals surface area contributed by atoms with Crippen molar-refractivity contribution in [2.75, 3.05) is 0 Å². The molecule has 0 spiro atoms. The number of halogens is 2. The predicted octanol–water partition coefficient (Wildman–Crippen LogP) is 3.57. The zero-order valence-electron chi connectivity index (χ0n) is 8.09. The first-order valence-corrected chi connectivity index (χ1v) is 5.36. The molecule has 1 nitrogen and oxygen atoms in total. The molecule has 0 amide bonds. The minimum Gasteiger partial charge on any atom is -0.294 e. The predicted molar refractivity (Wildman–Crippen MR) is 61.1 cm³/mol. The third kappa shape index (κ3) is 3.17. The van der Waals surface area contributed by atoms with Gasteiger partial charge in [-0.25, -0.2) is 4.39 Å². The highest BCUT2D eigenvalue weighted by molar-refractivity contribution is 9.10. The fraction of sp³-hybridized carbons (Fsp3) is 0.250. The van der Waals surface area contributed by atoms with Crippen LogP contribution in [0.4, 0.5) is 4.39 Å². The van der Waals surface area contributed by atoms with Crippen LogP contribution in [0.25, 0.3) is 0 Å². The normalized spacial score (nSPS) is 9.67. The van der Waals surface area contributed by atoms with Crippen molar-refractivity contribution in [2.24, 2.45) is 0 Å². The van der Waals surface area contributed by atoms with Gasteiger partial charge in [-0.2, -0.15) is 0 Å². The molecule has 0 aliphatic heterocycles. The first-order chi connectivity index (χ1) is 7.16. The molecular formula is C12H10BrFO. The lowest BCUT2D eigenvalue weighted by Crippen LogP contribution is -2.03. The Morgan fingerprint density at radius 3 is 2.87 bits per heavy atom. The average molecular weight is 269 g/mol. The molecule has 1 aromatic carbocycles. The molecule has 78 valence electrons. The number of rotatable bonds is 4. The number of hydrogen-bond donors (Lipinski definition) is 0. The van der Waals surface area contributed by atoms with Gasteiger partial charge in [0.1, 0.15) is 5.82 Å². The number of ketones is 1. The standard InChI is InChI=1S/C12H10BrFO/c1-2-3-4-8-11(15)12-9(13)6-5-7-10(12)14/h1,5-7H,3-4,8H2. The van der Waals surface area contributed by atoms with E-state index in [0.717, 1.165) is 0 Å². The van der Waals surface area contributed by atoms with Gasteiger partial charge in [0, 0.05) is 17.3 Å². The topological polar surface area (TPSA) is 17.1 Å². The summed E-state index contributed by atoms with van der Waals surface area (Å²) in [5.74, 6) is 1.74. The molecule has 3 heteroatoms. The molecule has 0 heterocycles. The van der Waals surface area contributed by atoms with Crippen LogP contribution in [0.1, 0.15) is 29.6 Å². The van der Waals surface area contributed by atoms with Gasteiger partial charge in [-0.05, 0) is 34.5 Å². The Balaban J connectivity index is 2.78. The summed E-state index contributed by atoms with van der Waals surface area (Å²) in [5.41, 5.74) is 0.120. The van der Waals surface area contributed by atoms with E-state index in [1.807, 2.05) is 0 Å². The molecule has 0 N–H and O–H groups in total. The lowest BCUT2D eigenvalue weighted by molar-refractivity contribution is 0.0976. The summed E-state index contributed by atoms with van der Waals surface area (Å²) in [7, 11) is 0. The van der Waals surface area contributed by atoms with Crippen molar-refractivity contribution < 1.29 is 9.18 Å². The van der Waals surface area contributed by atoms with E-state index in [1.165, 1.54) is 6.07 Å². The molecule has 0 aromatic heterocycles. The first kappa shape index (κ1) is 11.9. The van der Waals surface area contributed by atoms with Crippen LogP contribution in [0.3, 0.4) is 0 Å². The van der Waals surface area contributed by atoms with Crippen molar-refractivity contribution in [3.05, 3.63) is 34.1 Å². The maximum Gasteiger partial charge on any atom is 0.166 e. The van der Waals surface area contributed by atoms with Crippen LogP contribution >= 0.6 is 15.9 Å². The minimum absolute atomic E-state index is 0.120. The molecule has 15 heavy (non-hydrogen) atoms. The second-order valence-electron chi connectivity index (χ2n) is 3.08. The van der Waals surface area contributed by atoms with Gasteiger partial charge in [-0.3, -0.25) is 4.79 Å². The van der Waals surface area contributed by atoms with E-state index >= 15 is 0 Å². The summed E-state index contributed by atoms with van der Waals surface area (Å²) in [5, 5.41) is 0. The zero-order chi connectivity index (χ0) is 11.3. The van der Waals surface area contributed by atoms with Crippen molar-refractivity contribution in [2.45, 2.75) is 19.3 Å². The van der Waals surface area contributed by atoms with E-state index in [2.05, 4.69) is 21.9 Å². The van der Waals surface area contributed by atoms with E-state index in [1.54, 1.807) is 12.1 Å². The highest BCUT2D eigenvalue weighted by atomic mass is 79.9. The molecule has 1 rings (SSSR count). The summed E-state index contributed by atoms with van der Waals surface area (Å²) >= 11 is 3.16. The molecule has 1 aromatic rings. The monoisotopic (exact) mass is 268 g/mol. The smallest absolute Gasteiger partial charge is 0.166 e. The molecule has 0 aliphatic rings. The molecular weight excluding hydrogens is 259 g/mol. The second kappa shape index (κ2) is 5.67. The summed E-state index contributed by atoms with van der Waals surface area (Å²) in [6.45, 7) is 0. The number of hydrogen-bond acceptors (Lipinski definition) is 1. The van der Waals surface area contributed by atoms with Crippen LogP contribution in [-0.4, -0.2) is 5.78 Å².